The van der Waals surface area contributed by atoms with Crippen LogP contribution in [0.2, 0.25) is 0 Å². The number of carbonyl (C=O) groups excluding carboxylic acids is 1. The van der Waals surface area contributed by atoms with Gasteiger partial charge >= 0.3 is 12.1 Å². The maximum Gasteiger partial charge on any atom is 0.491 e. The third-order valence-electron chi connectivity index (χ3n) is 4.15. The van der Waals surface area contributed by atoms with E-state index in [9.17, 15) is 23.1 Å². The van der Waals surface area contributed by atoms with Gasteiger partial charge in [0.1, 0.15) is 0 Å². The smallest absolute Gasteiger partial charge is 0.491 e. The van der Waals surface area contributed by atoms with Crippen LogP contribution in [0.1, 0.15) is 12.0 Å². The minimum Gasteiger partial charge on any atom is -0.504 e. The monoisotopic (exact) mass is 339 g/mol. The summed E-state index contributed by atoms with van der Waals surface area (Å²) in [4.78, 5) is 13.3. The fourth-order valence-corrected chi connectivity index (χ4v) is 2.75. The first-order valence-corrected chi connectivity index (χ1v) is 7.61. The lowest BCUT2D eigenvalue weighted by atomic mass is 9.99. The van der Waals surface area contributed by atoms with Gasteiger partial charge in [-0.3, -0.25) is 0 Å². The van der Waals surface area contributed by atoms with Crippen LogP contribution < -0.4 is 4.74 Å². The average molecular weight is 339 g/mol. The molecule has 1 heterocycles. The predicted octanol–water partition coefficient (Wildman–Crippen LogP) is 3.26. The Kier molecular flexibility index (Phi) is 4.36. The van der Waals surface area contributed by atoms with E-state index in [-0.39, 0.29) is 0 Å². The molecular formula is C17H16F3NO3. The lowest BCUT2D eigenvalue weighted by Crippen LogP contribution is -2.38. The molecule has 0 spiro atoms. The van der Waals surface area contributed by atoms with Crippen LogP contribution in [-0.4, -0.2) is 41.8 Å². The van der Waals surface area contributed by atoms with E-state index in [4.69, 9.17) is 0 Å². The summed E-state index contributed by atoms with van der Waals surface area (Å²) in [5.74, 6) is -3.22. The van der Waals surface area contributed by atoms with Crippen molar-refractivity contribution in [3.8, 4) is 11.5 Å². The van der Waals surface area contributed by atoms with Gasteiger partial charge in [0.2, 0.25) is 0 Å². The van der Waals surface area contributed by atoms with Crippen molar-refractivity contribution in [2.24, 2.45) is 0 Å². The Morgan fingerprint density at radius 1 is 1.25 bits per heavy atom. The fraction of sp³-hybridized carbons (Fsp3) is 0.353. The van der Waals surface area contributed by atoms with E-state index in [1.54, 1.807) is 24.3 Å². The van der Waals surface area contributed by atoms with Crippen LogP contribution in [0.3, 0.4) is 0 Å². The van der Waals surface area contributed by atoms with Crippen LogP contribution in [0.15, 0.2) is 30.3 Å². The first-order valence-electron chi connectivity index (χ1n) is 7.61. The number of hydrogen-bond donors (Lipinski definition) is 1. The van der Waals surface area contributed by atoms with Crippen molar-refractivity contribution in [2.45, 2.75) is 19.0 Å². The van der Waals surface area contributed by atoms with E-state index in [1.165, 1.54) is 6.07 Å². The maximum atomic E-state index is 12.4. The molecule has 7 heteroatoms. The summed E-state index contributed by atoms with van der Waals surface area (Å²) in [5.41, 5.74) is 0.491. The van der Waals surface area contributed by atoms with Crippen molar-refractivity contribution in [1.29, 1.82) is 0 Å². The number of halogens is 3. The number of nitrogens with zero attached hydrogens (tertiary/aromatic N) is 1. The molecule has 1 fully saturated rings. The second-order valence-corrected chi connectivity index (χ2v) is 5.76. The van der Waals surface area contributed by atoms with E-state index in [1.807, 2.05) is 0 Å². The number of benzene rings is 2. The lowest BCUT2D eigenvalue weighted by molar-refractivity contribution is -0.189. The Morgan fingerprint density at radius 2 is 1.96 bits per heavy atom. The minimum absolute atomic E-state index is 0.410. The van der Waals surface area contributed by atoms with E-state index in [0.29, 0.717) is 23.9 Å². The zero-order valence-electron chi connectivity index (χ0n) is 12.8. The number of phenolic OH excluding ortho intramolecular Hbond substituents is 1. The number of ether oxygens (including phenoxy) is 1. The summed E-state index contributed by atoms with van der Waals surface area (Å²) in [6.07, 6.45) is -3.53. The topological polar surface area (TPSA) is 49.8 Å². The summed E-state index contributed by atoms with van der Waals surface area (Å²) in [5, 5.41) is 11.7. The average Bonchev–Trinajstić information content (AvgIpc) is 2.48. The van der Waals surface area contributed by atoms with Gasteiger partial charge in [-0.2, -0.15) is 13.2 Å². The molecule has 1 aliphatic heterocycles. The highest BCUT2D eigenvalue weighted by atomic mass is 19.4. The summed E-state index contributed by atoms with van der Waals surface area (Å²) in [6.45, 7) is 2.64. The van der Waals surface area contributed by atoms with Crippen molar-refractivity contribution in [2.75, 3.05) is 19.6 Å². The number of alkyl halides is 3. The van der Waals surface area contributed by atoms with Gasteiger partial charge in [-0.15, -0.1) is 0 Å². The number of carbonyl (C=O) groups is 1. The minimum atomic E-state index is -5.12. The third kappa shape index (κ3) is 3.31. The first kappa shape index (κ1) is 16.6. The predicted molar refractivity (Wildman–Crippen MR) is 82.1 cm³/mol. The molecular weight excluding hydrogens is 323 g/mol. The molecule has 128 valence electrons. The largest absolute Gasteiger partial charge is 0.504 e. The summed E-state index contributed by atoms with van der Waals surface area (Å²) >= 11 is 0. The molecule has 2 aromatic rings. The van der Waals surface area contributed by atoms with Gasteiger partial charge in [-0.1, -0.05) is 24.3 Å². The van der Waals surface area contributed by atoms with Crippen LogP contribution in [0.25, 0.3) is 10.8 Å². The molecule has 1 aliphatic rings. The zero-order valence-corrected chi connectivity index (χ0v) is 12.8. The number of fused-ring (bicyclic) bond motifs is 1. The van der Waals surface area contributed by atoms with Gasteiger partial charge in [-0.25, -0.2) is 4.79 Å². The zero-order chi connectivity index (χ0) is 17.3. The SMILES string of the molecule is O=C(Oc1cc2ccccc2c(CCN2CCC2)c1O)C(F)(F)F. The van der Waals surface area contributed by atoms with Crippen molar-refractivity contribution in [1.82, 2.24) is 4.90 Å². The standard InChI is InChI=1S/C17H16F3NO3/c18-17(19,20)16(23)24-14-10-11-4-1-2-5-12(11)13(15(14)22)6-9-21-7-3-8-21/h1-2,4-5,10,22H,3,6-9H2. The molecule has 0 saturated carbocycles. The van der Waals surface area contributed by atoms with E-state index >= 15 is 0 Å². The number of aromatic hydroxyl groups is 1. The van der Waals surface area contributed by atoms with Gasteiger partial charge in [0.15, 0.2) is 11.5 Å². The van der Waals surface area contributed by atoms with Crippen molar-refractivity contribution in [3.05, 3.63) is 35.9 Å². The quantitative estimate of drug-likeness (QED) is 0.686. The molecule has 3 rings (SSSR count). The van der Waals surface area contributed by atoms with E-state index in [2.05, 4.69) is 9.64 Å². The van der Waals surface area contributed by atoms with E-state index < -0.39 is 23.6 Å². The number of phenols is 1. The number of esters is 1. The molecule has 0 aliphatic carbocycles. The normalized spacial score (nSPS) is 15.3. The van der Waals surface area contributed by atoms with Gasteiger partial charge in [0.25, 0.3) is 0 Å². The van der Waals surface area contributed by atoms with Crippen LogP contribution in [0.5, 0.6) is 11.5 Å². The van der Waals surface area contributed by atoms with Crippen molar-refractivity contribution < 1.29 is 27.8 Å². The molecule has 4 nitrogen and oxygen atoms in total. The summed E-state index contributed by atoms with van der Waals surface area (Å²) in [7, 11) is 0. The van der Waals surface area contributed by atoms with Gasteiger partial charge in [-0.05, 0) is 42.8 Å². The highest BCUT2D eigenvalue weighted by Crippen LogP contribution is 2.38. The summed E-state index contributed by atoms with van der Waals surface area (Å²) < 4.78 is 41.7. The molecule has 1 N–H and O–H groups in total. The Balaban J connectivity index is 1.96. The number of rotatable bonds is 4. The van der Waals surface area contributed by atoms with Gasteiger partial charge in [0.05, 0.1) is 0 Å². The number of likely N-dealkylation sites (tertiary alicyclic amines) is 1. The molecule has 0 amide bonds. The lowest BCUT2D eigenvalue weighted by Gasteiger charge is -2.30. The van der Waals surface area contributed by atoms with Gasteiger partial charge < -0.3 is 14.7 Å². The third-order valence-corrected chi connectivity index (χ3v) is 4.15. The van der Waals surface area contributed by atoms with Crippen LogP contribution in [0.4, 0.5) is 13.2 Å². The second-order valence-electron chi connectivity index (χ2n) is 5.76. The fourth-order valence-electron chi connectivity index (χ4n) is 2.75. The van der Waals surface area contributed by atoms with Crippen LogP contribution in [0, 0.1) is 0 Å². The summed E-state index contributed by atoms with van der Waals surface area (Å²) in [6, 6.07) is 8.26. The highest BCUT2D eigenvalue weighted by Gasteiger charge is 2.42. The van der Waals surface area contributed by atoms with E-state index in [0.717, 1.165) is 24.9 Å². The molecule has 0 atom stereocenters. The second kappa shape index (κ2) is 6.32. The van der Waals surface area contributed by atoms with Crippen molar-refractivity contribution in [3.63, 3.8) is 0 Å². The Hall–Kier alpha value is -2.28. The Bertz CT molecular complexity index is 770. The molecule has 0 aromatic heterocycles. The molecule has 0 bridgehead atoms. The molecule has 0 radical (unpaired) electrons. The maximum absolute atomic E-state index is 12.4. The molecule has 24 heavy (non-hydrogen) atoms. The van der Waals surface area contributed by atoms with Crippen molar-refractivity contribution >= 4 is 16.7 Å². The number of hydrogen-bond acceptors (Lipinski definition) is 4. The molecule has 2 aromatic carbocycles. The van der Waals surface area contributed by atoms with Crippen LogP contribution >= 0.6 is 0 Å². The first-order chi connectivity index (χ1) is 11.4. The molecule has 1 saturated heterocycles. The highest BCUT2D eigenvalue weighted by molar-refractivity contribution is 5.91. The molecule has 0 unspecified atom stereocenters. The Labute approximate surface area is 136 Å². The van der Waals surface area contributed by atoms with Gasteiger partial charge in [0, 0.05) is 12.1 Å². The van der Waals surface area contributed by atoms with Crippen LogP contribution in [-0.2, 0) is 11.2 Å². The Morgan fingerprint density at radius 3 is 2.58 bits per heavy atom.